The van der Waals surface area contributed by atoms with Crippen LogP contribution in [-0.2, 0) is 9.59 Å². The second kappa shape index (κ2) is 6.18. The minimum atomic E-state index is -0.275. The fraction of sp³-hybridized carbons (Fsp3) is 0.846. The molecule has 0 aliphatic carbocycles. The van der Waals surface area contributed by atoms with E-state index in [0.717, 1.165) is 26.1 Å². The maximum atomic E-state index is 12.1. The molecule has 2 rings (SSSR count). The number of nitrogens with zero attached hydrogens (tertiary/aromatic N) is 2. The summed E-state index contributed by atoms with van der Waals surface area (Å²) in [5.74, 6) is 0.123. The van der Waals surface area contributed by atoms with E-state index in [-0.39, 0.29) is 17.9 Å². The third-order valence-electron chi connectivity index (χ3n) is 3.85. The molecule has 2 aliphatic rings. The number of nitrogens with one attached hydrogen (secondary N) is 1. The summed E-state index contributed by atoms with van der Waals surface area (Å²) in [5.41, 5.74) is 0. The first-order chi connectivity index (χ1) is 8.72. The lowest BCUT2D eigenvalue weighted by atomic mass is 10.2. The molecule has 2 amide bonds. The van der Waals surface area contributed by atoms with Gasteiger partial charge in [0.2, 0.25) is 11.8 Å². The Labute approximate surface area is 108 Å². The maximum absolute atomic E-state index is 12.1. The van der Waals surface area contributed by atoms with Crippen LogP contribution < -0.4 is 5.32 Å². The minimum absolute atomic E-state index is 0.000324. The van der Waals surface area contributed by atoms with E-state index in [9.17, 15) is 9.59 Å². The van der Waals surface area contributed by atoms with E-state index < -0.39 is 0 Å². The van der Waals surface area contributed by atoms with E-state index in [1.807, 2.05) is 6.92 Å². The first-order valence-electron chi connectivity index (χ1n) is 7.02. The number of carbonyl (C=O) groups excluding carboxylic acids is 2. The topological polar surface area (TPSA) is 52.7 Å². The van der Waals surface area contributed by atoms with Crippen LogP contribution in [0.2, 0.25) is 0 Å². The molecule has 0 saturated carbocycles. The van der Waals surface area contributed by atoms with Crippen molar-refractivity contribution < 1.29 is 9.59 Å². The molecule has 5 heteroatoms. The van der Waals surface area contributed by atoms with Crippen LogP contribution in [0.4, 0.5) is 0 Å². The molecule has 1 unspecified atom stereocenters. The van der Waals surface area contributed by atoms with Crippen molar-refractivity contribution in [3.8, 4) is 0 Å². The Hall–Kier alpha value is -1.10. The summed E-state index contributed by atoms with van der Waals surface area (Å²) < 4.78 is 0. The van der Waals surface area contributed by atoms with Crippen molar-refractivity contribution in [1.82, 2.24) is 15.1 Å². The Morgan fingerprint density at radius 2 is 2.00 bits per heavy atom. The van der Waals surface area contributed by atoms with Crippen molar-refractivity contribution in [2.75, 3.05) is 26.3 Å². The molecule has 1 N–H and O–H groups in total. The van der Waals surface area contributed by atoms with Crippen LogP contribution in [0.15, 0.2) is 0 Å². The Morgan fingerprint density at radius 3 is 2.56 bits per heavy atom. The number of rotatable bonds is 5. The Kier molecular flexibility index (Phi) is 4.58. The van der Waals surface area contributed by atoms with Gasteiger partial charge in [-0.2, -0.15) is 0 Å². The molecule has 2 heterocycles. The van der Waals surface area contributed by atoms with Crippen molar-refractivity contribution in [3.05, 3.63) is 0 Å². The monoisotopic (exact) mass is 253 g/mol. The first-order valence-corrected chi connectivity index (χ1v) is 7.02. The number of carbonyl (C=O) groups is 2. The molecule has 1 atom stereocenters. The lowest BCUT2D eigenvalue weighted by Gasteiger charge is -2.26. The standard InChI is InChI=1S/C13H23N3O2/c1-2-11(16-9-5-6-12(16)17)13(18)14-10-15-7-3-4-8-15/h11H,2-10H2,1H3,(H,14,18). The smallest absolute Gasteiger partial charge is 0.243 e. The van der Waals surface area contributed by atoms with Gasteiger partial charge < -0.3 is 10.2 Å². The molecule has 2 aliphatic heterocycles. The van der Waals surface area contributed by atoms with Crippen LogP contribution in [-0.4, -0.2) is 54.0 Å². The van der Waals surface area contributed by atoms with Gasteiger partial charge in [-0.05, 0) is 38.8 Å². The van der Waals surface area contributed by atoms with Crippen molar-refractivity contribution in [2.45, 2.75) is 45.1 Å². The summed E-state index contributed by atoms with van der Waals surface area (Å²) in [4.78, 5) is 27.8. The van der Waals surface area contributed by atoms with Gasteiger partial charge in [-0.1, -0.05) is 6.92 Å². The summed E-state index contributed by atoms with van der Waals surface area (Å²) >= 11 is 0. The van der Waals surface area contributed by atoms with Crippen LogP contribution in [0.25, 0.3) is 0 Å². The van der Waals surface area contributed by atoms with E-state index in [1.54, 1.807) is 4.90 Å². The summed E-state index contributed by atoms with van der Waals surface area (Å²) in [6.45, 7) is 5.46. The van der Waals surface area contributed by atoms with E-state index in [1.165, 1.54) is 12.8 Å². The number of likely N-dealkylation sites (tertiary alicyclic amines) is 2. The second-order valence-electron chi connectivity index (χ2n) is 5.14. The fourth-order valence-electron chi connectivity index (χ4n) is 2.79. The average molecular weight is 253 g/mol. The molecule has 0 aromatic heterocycles. The van der Waals surface area contributed by atoms with Crippen molar-refractivity contribution in [3.63, 3.8) is 0 Å². The lowest BCUT2D eigenvalue weighted by molar-refractivity contribution is -0.137. The Morgan fingerprint density at radius 1 is 1.28 bits per heavy atom. The second-order valence-corrected chi connectivity index (χ2v) is 5.14. The normalized spacial score (nSPS) is 22.5. The van der Waals surface area contributed by atoms with Gasteiger partial charge in [-0.15, -0.1) is 0 Å². The molecular weight excluding hydrogens is 230 g/mol. The van der Waals surface area contributed by atoms with Gasteiger partial charge in [0, 0.05) is 13.0 Å². The molecule has 0 spiro atoms. The molecule has 102 valence electrons. The van der Waals surface area contributed by atoms with Gasteiger partial charge in [0.15, 0.2) is 0 Å². The Bertz CT molecular complexity index is 313. The SMILES string of the molecule is CCC(C(=O)NCN1CCCC1)N1CCCC1=O. The first kappa shape index (κ1) is 13.3. The van der Waals surface area contributed by atoms with E-state index >= 15 is 0 Å². The summed E-state index contributed by atoms with van der Waals surface area (Å²) in [6, 6.07) is -0.275. The highest BCUT2D eigenvalue weighted by Crippen LogP contribution is 2.16. The number of hydrogen-bond donors (Lipinski definition) is 1. The number of hydrogen-bond acceptors (Lipinski definition) is 3. The van der Waals surface area contributed by atoms with Gasteiger partial charge in [0.1, 0.15) is 6.04 Å². The maximum Gasteiger partial charge on any atom is 0.243 e. The van der Waals surface area contributed by atoms with Crippen molar-refractivity contribution in [1.29, 1.82) is 0 Å². The summed E-state index contributed by atoms with van der Waals surface area (Å²) in [6.07, 6.45) is 4.61. The summed E-state index contributed by atoms with van der Waals surface area (Å²) in [7, 11) is 0. The van der Waals surface area contributed by atoms with Gasteiger partial charge >= 0.3 is 0 Å². The van der Waals surface area contributed by atoms with E-state index in [4.69, 9.17) is 0 Å². The lowest BCUT2D eigenvalue weighted by Crippen LogP contribution is -2.49. The van der Waals surface area contributed by atoms with Crippen molar-refractivity contribution in [2.24, 2.45) is 0 Å². The molecule has 0 aromatic carbocycles. The third kappa shape index (κ3) is 3.02. The molecule has 0 bridgehead atoms. The molecule has 5 nitrogen and oxygen atoms in total. The molecular formula is C13H23N3O2. The summed E-state index contributed by atoms with van der Waals surface area (Å²) in [5, 5.41) is 2.97. The highest BCUT2D eigenvalue weighted by Gasteiger charge is 2.31. The van der Waals surface area contributed by atoms with E-state index in [0.29, 0.717) is 19.5 Å². The molecule has 2 fully saturated rings. The molecule has 2 saturated heterocycles. The largest absolute Gasteiger partial charge is 0.342 e. The fourth-order valence-corrected chi connectivity index (χ4v) is 2.79. The average Bonchev–Trinajstić information content (AvgIpc) is 3.00. The third-order valence-corrected chi connectivity index (χ3v) is 3.85. The number of amides is 2. The van der Waals surface area contributed by atoms with Gasteiger partial charge in [0.05, 0.1) is 6.67 Å². The molecule has 0 radical (unpaired) electrons. The van der Waals surface area contributed by atoms with Crippen LogP contribution >= 0.6 is 0 Å². The van der Waals surface area contributed by atoms with Gasteiger partial charge in [-0.25, -0.2) is 0 Å². The zero-order valence-electron chi connectivity index (χ0n) is 11.2. The van der Waals surface area contributed by atoms with Crippen LogP contribution in [0.3, 0.4) is 0 Å². The predicted molar refractivity (Wildman–Crippen MR) is 68.8 cm³/mol. The Balaban J connectivity index is 1.82. The quantitative estimate of drug-likeness (QED) is 0.779. The van der Waals surface area contributed by atoms with E-state index in [2.05, 4.69) is 10.2 Å². The zero-order valence-corrected chi connectivity index (χ0v) is 11.2. The van der Waals surface area contributed by atoms with Crippen LogP contribution in [0.5, 0.6) is 0 Å². The van der Waals surface area contributed by atoms with Crippen LogP contribution in [0.1, 0.15) is 39.0 Å². The van der Waals surface area contributed by atoms with Crippen molar-refractivity contribution >= 4 is 11.8 Å². The molecule has 18 heavy (non-hydrogen) atoms. The minimum Gasteiger partial charge on any atom is -0.342 e. The molecule has 0 aromatic rings. The highest BCUT2D eigenvalue weighted by atomic mass is 16.2. The zero-order chi connectivity index (χ0) is 13.0. The highest BCUT2D eigenvalue weighted by molar-refractivity contribution is 5.88. The van der Waals surface area contributed by atoms with Gasteiger partial charge in [-0.3, -0.25) is 14.5 Å². The van der Waals surface area contributed by atoms with Crippen LogP contribution in [0, 0.1) is 0 Å². The van der Waals surface area contributed by atoms with Gasteiger partial charge in [0.25, 0.3) is 0 Å². The predicted octanol–water partition coefficient (Wildman–Crippen LogP) is 0.557.